The van der Waals surface area contributed by atoms with Crippen molar-refractivity contribution in [1.29, 1.82) is 0 Å². The van der Waals surface area contributed by atoms with Gasteiger partial charge in [-0.15, -0.1) is 0 Å². The van der Waals surface area contributed by atoms with Gasteiger partial charge in [0.05, 0.1) is 6.04 Å². The van der Waals surface area contributed by atoms with E-state index >= 15 is 0 Å². The maximum atomic E-state index is 11.7. The number of aromatic nitrogens is 2. The summed E-state index contributed by atoms with van der Waals surface area (Å²) >= 11 is 0. The fourth-order valence-corrected chi connectivity index (χ4v) is 3.32. The van der Waals surface area contributed by atoms with Gasteiger partial charge in [0.1, 0.15) is 6.61 Å². The van der Waals surface area contributed by atoms with E-state index in [9.17, 15) is 4.79 Å². The molecule has 1 aromatic carbocycles. The van der Waals surface area contributed by atoms with Crippen molar-refractivity contribution in [2.45, 2.75) is 18.5 Å². The molecule has 2 aromatic rings. The third kappa shape index (κ3) is 3.23. The van der Waals surface area contributed by atoms with Crippen LogP contribution < -0.4 is 14.8 Å². The van der Waals surface area contributed by atoms with Crippen LogP contribution in [0.2, 0.25) is 0 Å². The number of ether oxygens (including phenoxy) is 3. The van der Waals surface area contributed by atoms with Gasteiger partial charge in [0.2, 0.25) is 24.4 Å². The van der Waals surface area contributed by atoms with Gasteiger partial charge in [-0.05, 0) is 31.7 Å². The lowest BCUT2D eigenvalue weighted by atomic mass is 10.1. The first kappa shape index (κ1) is 16.8. The number of rotatable bonds is 5. The Labute approximate surface area is 150 Å². The molecule has 138 valence electrons. The van der Waals surface area contributed by atoms with Gasteiger partial charge in [0.25, 0.3) is 0 Å². The van der Waals surface area contributed by atoms with E-state index in [2.05, 4.69) is 20.4 Å². The summed E-state index contributed by atoms with van der Waals surface area (Å²) in [5.41, 5.74) is 0.801. The summed E-state index contributed by atoms with van der Waals surface area (Å²) in [4.78, 5) is 18.3. The third-order valence-corrected chi connectivity index (χ3v) is 4.55. The number of methoxy groups -OCH3 is 1. The van der Waals surface area contributed by atoms with Crippen LogP contribution in [0.5, 0.6) is 11.5 Å². The van der Waals surface area contributed by atoms with Crippen molar-refractivity contribution in [3.8, 4) is 22.9 Å². The van der Waals surface area contributed by atoms with Gasteiger partial charge in [-0.25, -0.2) is 0 Å². The van der Waals surface area contributed by atoms with Crippen molar-refractivity contribution in [3.63, 3.8) is 0 Å². The number of carbonyl (C=O) groups excluding carboxylic acids is 1. The van der Waals surface area contributed by atoms with E-state index in [0.29, 0.717) is 36.2 Å². The highest BCUT2D eigenvalue weighted by molar-refractivity contribution is 5.77. The molecule has 0 radical (unpaired) electrons. The minimum Gasteiger partial charge on any atom is -0.454 e. The molecule has 9 nitrogen and oxygen atoms in total. The third-order valence-electron chi connectivity index (χ3n) is 4.55. The van der Waals surface area contributed by atoms with E-state index in [0.717, 1.165) is 5.56 Å². The van der Waals surface area contributed by atoms with Crippen LogP contribution in [-0.4, -0.2) is 61.1 Å². The highest BCUT2D eigenvalue weighted by Gasteiger charge is 2.35. The molecule has 2 aliphatic heterocycles. The largest absolute Gasteiger partial charge is 0.454 e. The average molecular weight is 360 g/mol. The minimum atomic E-state index is -0.127. The molecule has 1 fully saturated rings. The van der Waals surface area contributed by atoms with Crippen LogP contribution in [-0.2, 0) is 9.53 Å². The number of hydrogen-bond acceptors (Lipinski definition) is 8. The zero-order valence-electron chi connectivity index (χ0n) is 14.6. The van der Waals surface area contributed by atoms with E-state index < -0.39 is 0 Å². The Morgan fingerprint density at radius 2 is 2.23 bits per heavy atom. The lowest BCUT2D eigenvalue weighted by Crippen LogP contribution is -2.38. The number of likely N-dealkylation sites (tertiary alicyclic amines) is 1. The smallest absolute Gasteiger partial charge is 0.246 e. The van der Waals surface area contributed by atoms with Crippen molar-refractivity contribution >= 4 is 5.91 Å². The Kier molecular flexibility index (Phi) is 4.48. The van der Waals surface area contributed by atoms with E-state index in [1.807, 2.05) is 25.2 Å². The molecular formula is C17H20N4O5. The quantitative estimate of drug-likeness (QED) is 0.842. The number of carbonyl (C=O) groups is 1. The highest BCUT2D eigenvalue weighted by atomic mass is 16.7. The normalized spacial score (nSPS) is 21.9. The Balaban J connectivity index is 1.47. The monoisotopic (exact) mass is 360 g/mol. The van der Waals surface area contributed by atoms with Gasteiger partial charge in [0, 0.05) is 25.3 Å². The van der Waals surface area contributed by atoms with Gasteiger partial charge in [-0.1, -0.05) is 5.16 Å². The lowest BCUT2D eigenvalue weighted by Gasteiger charge is -2.14. The maximum Gasteiger partial charge on any atom is 0.246 e. The first-order valence-corrected chi connectivity index (χ1v) is 8.36. The van der Waals surface area contributed by atoms with Crippen LogP contribution in [0.15, 0.2) is 22.7 Å². The molecule has 3 heterocycles. The van der Waals surface area contributed by atoms with E-state index in [-0.39, 0.29) is 31.4 Å². The fraction of sp³-hybridized carbons (Fsp3) is 0.471. The molecule has 2 atom stereocenters. The summed E-state index contributed by atoms with van der Waals surface area (Å²) in [6, 6.07) is 5.51. The first-order chi connectivity index (χ1) is 12.6. The van der Waals surface area contributed by atoms with Crippen LogP contribution >= 0.6 is 0 Å². The molecule has 4 rings (SSSR count). The minimum absolute atomic E-state index is 0.0218. The SMILES string of the molecule is COCC(=O)N[C@H]1C[C@@H](c2nc(-c3ccc4c(c3)OCO4)no2)N(C)C1. The predicted molar refractivity (Wildman–Crippen MR) is 89.7 cm³/mol. The summed E-state index contributed by atoms with van der Waals surface area (Å²) in [6.45, 7) is 0.987. The summed E-state index contributed by atoms with van der Waals surface area (Å²) < 4.78 is 21.0. The number of nitrogens with one attached hydrogen (secondary N) is 1. The van der Waals surface area contributed by atoms with E-state index in [1.165, 1.54) is 7.11 Å². The Bertz CT molecular complexity index is 808. The molecule has 0 spiro atoms. The molecule has 0 saturated carbocycles. The van der Waals surface area contributed by atoms with Crippen LogP contribution in [0.1, 0.15) is 18.4 Å². The van der Waals surface area contributed by atoms with Gasteiger partial charge in [-0.3, -0.25) is 9.69 Å². The zero-order valence-corrected chi connectivity index (χ0v) is 14.6. The molecule has 1 saturated heterocycles. The second-order valence-electron chi connectivity index (χ2n) is 6.41. The highest BCUT2D eigenvalue weighted by Crippen LogP contribution is 2.36. The zero-order chi connectivity index (χ0) is 18.1. The molecule has 1 amide bonds. The Morgan fingerprint density at radius 1 is 1.38 bits per heavy atom. The molecular weight excluding hydrogens is 340 g/mol. The summed E-state index contributed by atoms with van der Waals surface area (Å²) in [5.74, 6) is 2.29. The van der Waals surface area contributed by atoms with Crippen LogP contribution in [0.3, 0.4) is 0 Å². The van der Waals surface area contributed by atoms with E-state index in [1.54, 1.807) is 0 Å². The molecule has 0 aliphatic carbocycles. The predicted octanol–water partition coefficient (Wildman–Crippen LogP) is 0.973. The number of nitrogens with zero attached hydrogens (tertiary/aromatic N) is 3. The van der Waals surface area contributed by atoms with Crippen LogP contribution in [0, 0.1) is 0 Å². The molecule has 0 unspecified atom stereocenters. The molecule has 1 N–H and O–H groups in total. The van der Waals surface area contributed by atoms with Crippen LogP contribution in [0.25, 0.3) is 11.4 Å². The topological polar surface area (TPSA) is 99.0 Å². The number of benzene rings is 1. The van der Waals surface area contributed by atoms with Crippen molar-refractivity contribution < 1.29 is 23.5 Å². The van der Waals surface area contributed by atoms with Crippen molar-refractivity contribution in [1.82, 2.24) is 20.4 Å². The van der Waals surface area contributed by atoms with Crippen molar-refractivity contribution in [3.05, 3.63) is 24.1 Å². The van der Waals surface area contributed by atoms with E-state index in [4.69, 9.17) is 18.7 Å². The average Bonchev–Trinajstić information content (AvgIpc) is 3.33. The molecule has 1 aromatic heterocycles. The van der Waals surface area contributed by atoms with Crippen LogP contribution in [0.4, 0.5) is 0 Å². The summed E-state index contributed by atoms with van der Waals surface area (Å²) in [5, 5.41) is 7.04. The number of fused-ring (bicyclic) bond motifs is 1. The number of likely N-dealkylation sites (N-methyl/N-ethyl adjacent to an activating group) is 1. The maximum absolute atomic E-state index is 11.7. The molecule has 9 heteroatoms. The second kappa shape index (κ2) is 6.93. The fourth-order valence-electron chi connectivity index (χ4n) is 3.32. The Hall–Kier alpha value is -2.65. The van der Waals surface area contributed by atoms with Crippen molar-refractivity contribution in [2.75, 3.05) is 34.1 Å². The standard InChI is InChI=1S/C17H20N4O5/c1-21-7-11(18-15(22)8-23-2)6-12(21)17-19-16(20-26-17)10-3-4-13-14(5-10)25-9-24-13/h3-5,11-12H,6-9H2,1-2H3,(H,18,22)/t11-,12-/m0/s1. The molecule has 26 heavy (non-hydrogen) atoms. The van der Waals surface area contributed by atoms with Gasteiger partial charge in [-0.2, -0.15) is 4.98 Å². The lowest BCUT2D eigenvalue weighted by molar-refractivity contribution is -0.125. The Morgan fingerprint density at radius 3 is 3.08 bits per heavy atom. The van der Waals surface area contributed by atoms with Gasteiger partial charge >= 0.3 is 0 Å². The number of hydrogen-bond donors (Lipinski definition) is 1. The molecule has 0 bridgehead atoms. The van der Waals surface area contributed by atoms with Crippen molar-refractivity contribution in [2.24, 2.45) is 0 Å². The first-order valence-electron chi connectivity index (χ1n) is 8.36. The summed E-state index contributed by atoms with van der Waals surface area (Å²) in [7, 11) is 3.47. The molecule has 2 aliphatic rings. The van der Waals surface area contributed by atoms with Gasteiger partial charge in [0.15, 0.2) is 11.5 Å². The summed E-state index contributed by atoms with van der Waals surface area (Å²) in [6.07, 6.45) is 0.703. The van der Waals surface area contributed by atoms with Gasteiger partial charge < -0.3 is 24.1 Å². The second-order valence-corrected chi connectivity index (χ2v) is 6.41. The number of amides is 1.